The second-order valence-corrected chi connectivity index (χ2v) is 4.81. The molecule has 0 aliphatic rings. The van der Waals surface area contributed by atoms with E-state index in [1.54, 1.807) is 0 Å². The second kappa shape index (κ2) is 6.00. The highest BCUT2D eigenvalue weighted by Crippen LogP contribution is 2.33. The zero-order chi connectivity index (χ0) is 16.5. The predicted molar refractivity (Wildman–Crippen MR) is 71.6 cm³/mol. The van der Waals surface area contributed by atoms with Crippen LogP contribution in [0.1, 0.15) is 11.1 Å². The predicted octanol–water partition coefficient (Wildman–Crippen LogP) is 4.80. The van der Waals surface area contributed by atoms with E-state index in [4.69, 9.17) is 22.1 Å². The van der Waals surface area contributed by atoms with E-state index in [1.165, 1.54) is 6.07 Å². The number of benzene rings is 2. The van der Waals surface area contributed by atoms with Crippen LogP contribution in [0.5, 0.6) is 5.75 Å². The molecule has 0 spiro atoms. The van der Waals surface area contributed by atoms with E-state index >= 15 is 0 Å². The van der Waals surface area contributed by atoms with Gasteiger partial charge in [0, 0.05) is 11.6 Å². The molecule has 0 radical (unpaired) electrons. The summed E-state index contributed by atoms with van der Waals surface area (Å²) in [5, 5.41) is -0.660. The highest BCUT2D eigenvalue weighted by atomic mass is 35.5. The maximum atomic E-state index is 13.8. The molecule has 0 unspecified atom stereocenters. The Bertz CT molecular complexity index is 702. The fourth-order valence-corrected chi connectivity index (χ4v) is 1.93. The summed E-state index contributed by atoms with van der Waals surface area (Å²) in [5.74, 6) is -1.59. The summed E-state index contributed by atoms with van der Waals surface area (Å²) >= 11 is 5.45. The van der Waals surface area contributed by atoms with Crippen LogP contribution in [0.15, 0.2) is 30.3 Å². The number of ether oxygens (including phenoxy) is 1. The maximum Gasteiger partial charge on any atom is 0.416 e. The van der Waals surface area contributed by atoms with Gasteiger partial charge < -0.3 is 10.5 Å². The lowest BCUT2D eigenvalue weighted by molar-refractivity contribution is -0.137. The fraction of sp³-hybridized carbons (Fsp3) is 0.143. The molecular weight excluding hydrogens is 329 g/mol. The van der Waals surface area contributed by atoms with Gasteiger partial charge >= 0.3 is 6.18 Å². The van der Waals surface area contributed by atoms with Crippen molar-refractivity contribution in [1.29, 1.82) is 0 Å². The molecular formula is C14H9ClF5NO. The minimum atomic E-state index is -4.66. The van der Waals surface area contributed by atoms with Crippen LogP contribution in [0.2, 0.25) is 5.02 Å². The van der Waals surface area contributed by atoms with Gasteiger partial charge in [0.2, 0.25) is 0 Å². The van der Waals surface area contributed by atoms with Crippen LogP contribution in [-0.4, -0.2) is 0 Å². The van der Waals surface area contributed by atoms with Crippen molar-refractivity contribution in [3.05, 3.63) is 58.1 Å². The van der Waals surface area contributed by atoms with E-state index < -0.39 is 35.0 Å². The Kier molecular flexibility index (Phi) is 4.46. The summed E-state index contributed by atoms with van der Waals surface area (Å²) in [6.45, 7) is -0.513. The van der Waals surface area contributed by atoms with Crippen molar-refractivity contribution < 1.29 is 26.7 Å². The summed E-state index contributed by atoms with van der Waals surface area (Å²) in [6, 6.07) is 4.49. The van der Waals surface area contributed by atoms with Crippen LogP contribution < -0.4 is 10.5 Å². The molecule has 2 rings (SSSR count). The Morgan fingerprint density at radius 1 is 1.09 bits per heavy atom. The van der Waals surface area contributed by atoms with Gasteiger partial charge in [-0.1, -0.05) is 11.6 Å². The number of nitrogen functional groups attached to an aromatic ring is 1. The quantitative estimate of drug-likeness (QED) is 0.645. The number of alkyl halides is 3. The van der Waals surface area contributed by atoms with Crippen LogP contribution >= 0.6 is 11.6 Å². The summed E-state index contributed by atoms with van der Waals surface area (Å²) in [4.78, 5) is 0. The molecule has 2 N–H and O–H groups in total. The lowest BCUT2D eigenvalue weighted by atomic mass is 10.1. The fourth-order valence-electron chi connectivity index (χ4n) is 1.69. The molecule has 0 saturated heterocycles. The monoisotopic (exact) mass is 337 g/mol. The minimum absolute atomic E-state index is 0.0897. The van der Waals surface area contributed by atoms with E-state index in [2.05, 4.69) is 0 Å². The molecule has 22 heavy (non-hydrogen) atoms. The minimum Gasteiger partial charge on any atom is -0.489 e. The Hall–Kier alpha value is -2.02. The molecule has 2 nitrogen and oxygen atoms in total. The number of nitrogens with two attached hydrogens (primary N) is 1. The standard InChI is InChI=1S/C14H9ClF5NO/c15-10-4-8(14(18,19)20)3-7(13(10)17)6-22-9-1-2-11(16)12(21)5-9/h1-5H,6,21H2. The van der Waals surface area contributed by atoms with Crippen molar-refractivity contribution in [1.82, 2.24) is 0 Å². The van der Waals surface area contributed by atoms with Crippen LogP contribution in [0, 0.1) is 11.6 Å². The largest absolute Gasteiger partial charge is 0.489 e. The van der Waals surface area contributed by atoms with E-state index in [9.17, 15) is 22.0 Å². The van der Waals surface area contributed by atoms with Crippen molar-refractivity contribution in [2.75, 3.05) is 5.73 Å². The number of hydrogen-bond acceptors (Lipinski definition) is 2. The number of halogens is 6. The van der Waals surface area contributed by atoms with E-state index in [0.717, 1.165) is 12.1 Å². The van der Waals surface area contributed by atoms with Crippen LogP contribution in [0.25, 0.3) is 0 Å². The highest BCUT2D eigenvalue weighted by molar-refractivity contribution is 6.30. The Labute approximate surface area is 127 Å². The molecule has 2 aromatic rings. The van der Waals surface area contributed by atoms with Crippen LogP contribution in [-0.2, 0) is 12.8 Å². The van der Waals surface area contributed by atoms with Crippen LogP contribution in [0.3, 0.4) is 0 Å². The first-order chi connectivity index (χ1) is 10.2. The first-order valence-electron chi connectivity index (χ1n) is 5.91. The molecule has 2 aromatic carbocycles. The first-order valence-corrected chi connectivity index (χ1v) is 6.29. The van der Waals surface area contributed by atoms with Crippen LogP contribution in [0.4, 0.5) is 27.6 Å². The third-order valence-electron chi connectivity index (χ3n) is 2.79. The highest BCUT2D eigenvalue weighted by Gasteiger charge is 2.32. The van der Waals surface area contributed by atoms with Gasteiger partial charge in [-0.25, -0.2) is 8.78 Å². The second-order valence-electron chi connectivity index (χ2n) is 4.40. The van der Waals surface area contributed by atoms with Gasteiger partial charge in [-0.2, -0.15) is 13.2 Å². The molecule has 0 bridgehead atoms. The molecule has 0 fully saturated rings. The Morgan fingerprint density at radius 3 is 2.36 bits per heavy atom. The van der Waals surface area contributed by atoms with Crippen molar-refractivity contribution in [2.24, 2.45) is 0 Å². The number of hydrogen-bond donors (Lipinski definition) is 1. The first kappa shape index (κ1) is 16.4. The SMILES string of the molecule is Nc1cc(OCc2cc(C(F)(F)F)cc(Cl)c2F)ccc1F. The van der Waals surface area contributed by atoms with Gasteiger partial charge in [-0.3, -0.25) is 0 Å². The van der Waals surface area contributed by atoms with Gasteiger partial charge in [0.15, 0.2) is 0 Å². The molecule has 0 aromatic heterocycles. The average Bonchev–Trinajstić information content (AvgIpc) is 2.42. The normalized spacial score (nSPS) is 11.5. The molecule has 118 valence electrons. The molecule has 0 aliphatic carbocycles. The lowest BCUT2D eigenvalue weighted by Gasteiger charge is -2.12. The summed E-state index contributed by atoms with van der Waals surface area (Å²) < 4.78 is 69.8. The van der Waals surface area contributed by atoms with Crippen molar-refractivity contribution in [3.8, 4) is 5.75 Å². The molecule has 0 saturated carbocycles. The maximum absolute atomic E-state index is 13.8. The lowest BCUT2D eigenvalue weighted by Crippen LogP contribution is -2.08. The van der Waals surface area contributed by atoms with E-state index in [-0.39, 0.29) is 17.0 Å². The number of rotatable bonds is 3. The van der Waals surface area contributed by atoms with Crippen molar-refractivity contribution >= 4 is 17.3 Å². The summed E-state index contributed by atoms with van der Waals surface area (Å²) in [6.07, 6.45) is -4.66. The average molecular weight is 338 g/mol. The van der Waals surface area contributed by atoms with Gasteiger partial charge in [0.25, 0.3) is 0 Å². The smallest absolute Gasteiger partial charge is 0.416 e. The van der Waals surface area contributed by atoms with E-state index in [0.29, 0.717) is 12.1 Å². The number of anilines is 1. The Balaban J connectivity index is 2.25. The molecule has 0 atom stereocenters. The summed E-state index contributed by atoms with van der Waals surface area (Å²) in [5.41, 5.74) is 3.67. The Morgan fingerprint density at radius 2 is 1.77 bits per heavy atom. The van der Waals surface area contributed by atoms with Crippen molar-refractivity contribution in [2.45, 2.75) is 12.8 Å². The molecule has 0 heterocycles. The third kappa shape index (κ3) is 3.59. The molecule has 0 aliphatic heterocycles. The van der Waals surface area contributed by atoms with Gasteiger partial charge in [-0.05, 0) is 24.3 Å². The van der Waals surface area contributed by atoms with Gasteiger partial charge in [0.1, 0.15) is 24.0 Å². The molecule has 8 heteroatoms. The van der Waals surface area contributed by atoms with Gasteiger partial charge in [0.05, 0.1) is 16.3 Å². The zero-order valence-electron chi connectivity index (χ0n) is 10.8. The third-order valence-corrected chi connectivity index (χ3v) is 3.07. The molecule has 0 amide bonds. The van der Waals surface area contributed by atoms with E-state index in [1.807, 2.05) is 0 Å². The van der Waals surface area contributed by atoms with Gasteiger partial charge in [-0.15, -0.1) is 0 Å². The zero-order valence-corrected chi connectivity index (χ0v) is 11.6. The summed E-state index contributed by atoms with van der Waals surface area (Å²) in [7, 11) is 0. The van der Waals surface area contributed by atoms with Crippen molar-refractivity contribution in [3.63, 3.8) is 0 Å². The topological polar surface area (TPSA) is 35.2 Å².